The highest BCUT2D eigenvalue weighted by atomic mass is 16.2. The van der Waals surface area contributed by atoms with Gasteiger partial charge >= 0.3 is 0 Å². The number of aliphatic hydroxyl groups excluding tert-OH is 1. The van der Waals surface area contributed by atoms with E-state index < -0.39 is 0 Å². The van der Waals surface area contributed by atoms with Gasteiger partial charge in [-0.2, -0.15) is 0 Å². The molecule has 0 aliphatic heterocycles. The summed E-state index contributed by atoms with van der Waals surface area (Å²) >= 11 is 0. The molecule has 1 nitrogen and oxygen atoms in total. The molecule has 0 radical (unpaired) electrons. The van der Waals surface area contributed by atoms with E-state index >= 15 is 0 Å². The molecule has 0 aromatic heterocycles. The Morgan fingerprint density at radius 3 is 1.92 bits per heavy atom. The van der Waals surface area contributed by atoms with Crippen LogP contribution in [0.1, 0.15) is 45.4 Å². The molecule has 0 fully saturated rings. The predicted molar refractivity (Wildman–Crippen MR) is 58.7 cm³/mol. The monoisotopic (exact) mass is 182 g/mol. The fourth-order valence-electron chi connectivity index (χ4n) is 1.04. The molecule has 0 aliphatic rings. The minimum absolute atomic E-state index is 0.306. The molecule has 0 rings (SSSR count). The number of allylic oxidation sites excluding steroid dienone is 4. The molecule has 0 heterocycles. The summed E-state index contributed by atoms with van der Waals surface area (Å²) in [6.07, 6.45) is 15.5. The van der Waals surface area contributed by atoms with Crippen molar-refractivity contribution >= 4 is 0 Å². The largest absolute Gasteiger partial charge is 0.396 e. The summed E-state index contributed by atoms with van der Waals surface area (Å²) in [7, 11) is 0. The maximum absolute atomic E-state index is 8.52. The Morgan fingerprint density at radius 2 is 1.38 bits per heavy atom. The molecule has 0 saturated carbocycles. The number of hydrogen-bond acceptors (Lipinski definition) is 1. The van der Waals surface area contributed by atoms with E-state index in [4.69, 9.17) is 5.11 Å². The summed E-state index contributed by atoms with van der Waals surface area (Å²) in [6, 6.07) is 0. The number of aliphatic hydroxyl groups is 1. The lowest BCUT2D eigenvalue weighted by molar-refractivity contribution is 0.289. The molecular formula is C12H22O. The van der Waals surface area contributed by atoms with Crippen molar-refractivity contribution in [1.29, 1.82) is 0 Å². The van der Waals surface area contributed by atoms with E-state index in [1.54, 1.807) is 0 Å². The van der Waals surface area contributed by atoms with E-state index in [1.807, 2.05) is 0 Å². The number of hydrogen-bond donors (Lipinski definition) is 1. The van der Waals surface area contributed by atoms with Gasteiger partial charge in [-0.25, -0.2) is 0 Å². The number of rotatable bonds is 8. The highest BCUT2D eigenvalue weighted by Gasteiger charge is 1.79. The van der Waals surface area contributed by atoms with Crippen molar-refractivity contribution in [2.24, 2.45) is 0 Å². The Morgan fingerprint density at radius 1 is 0.846 bits per heavy atom. The van der Waals surface area contributed by atoms with Crippen LogP contribution < -0.4 is 0 Å². The van der Waals surface area contributed by atoms with Gasteiger partial charge in [0.25, 0.3) is 0 Å². The van der Waals surface area contributed by atoms with Crippen LogP contribution in [0.5, 0.6) is 0 Å². The van der Waals surface area contributed by atoms with E-state index in [-0.39, 0.29) is 0 Å². The van der Waals surface area contributed by atoms with E-state index in [0.29, 0.717) is 6.61 Å². The van der Waals surface area contributed by atoms with Gasteiger partial charge < -0.3 is 5.11 Å². The van der Waals surface area contributed by atoms with Crippen LogP contribution in [0.15, 0.2) is 24.3 Å². The Bertz CT molecular complexity index is 136. The summed E-state index contributed by atoms with van der Waals surface area (Å²) in [5.74, 6) is 0. The highest BCUT2D eigenvalue weighted by Crippen LogP contribution is 1.98. The lowest BCUT2D eigenvalue weighted by Gasteiger charge is -1.89. The van der Waals surface area contributed by atoms with Gasteiger partial charge in [-0.05, 0) is 32.1 Å². The van der Waals surface area contributed by atoms with Crippen LogP contribution >= 0.6 is 0 Å². The van der Waals surface area contributed by atoms with E-state index in [2.05, 4.69) is 31.2 Å². The molecule has 0 amide bonds. The standard InChI is InChI=1S/C12H22O/c1-2-3-4-5-6-7-8-9-10-11-12-13/h4-5,8-9,13H,2-3,6-7,10-12H2,1H3/b5-4-,9-8+. The molecule has 0 atom stereocenters. The first-order valence-electron chi connectivity index (χ1n) is 5.32. The molecule has 0 aromatic carbocycles. The van der Waals surface area contributed by atoms with Crippen LogP contribution in [0.2, 0.25) is 0 Å². The second kappa shape index (κ2) is 11.4. The highest BCUT2D eigenvalue weighted by molar-refractivity contribution is 4.87. The molecule has 0 spiro atoms. The third-order valence-electron chi connectivity index (χ3n) is 1.82. The summed E-state index contributed by atoms with van der Waals surface area (Å²) in [4.78, 5) is 0. The van der Waals surface area contributed by atoms with Crippen molar-refractivity contribution in [3.8, 4) is 0 Å². The topological polar surface area (TPSA) is 20.2 Å². The molecule has 1 N–H and O–H groups in total. The van der Waals surface area contributed by atoms with Gasteiger partial charge in [0.15, 0.2) is 0 Å². The molecule has 0 unspecified atom stereocenters. The van der Waals surface area contributed by atoms with Crippen LogP contribution in [0.3, 0.4) is 0 Å². The third-order valence-corrected chi connectivity index (χ3v) is 1.82. The van der Waals surface area contributed by atoms with Crippen molar-refractivity contribution in [2.75, 3.05) is 6.61 Å². The normalized spacial score (nSPS) is 11.8. The van der Waals surface area contributed by atoms with Gasteiger partial charge in [0.1, 0.15) is 0 Å². The van der Waals surface area contributed by atoms with Crippen molar-refractivity contribution in [3.63, 3.8) is 0 Å². The molecule has 13 heavy (non-hydrogen) atoms. The van der Waals surface area contributed by atoms with Gasteiger partial charge in [-0.1, -0.05) is 37.6 Å². The van der Waals surface area contributed by atoms with E-state index in [1.165, 1.54) is 12.8 Å². The summed E-state index contributed by atoms with van der Waals surface area (Å²) in [5.41, 5.74) is 0. The van der Waals surface area contributed by atoms with Gasteiger partial charge in [-0.3, -0.25) is 0 Å². The Labute approximate surface area is 82.2 Å². The van der Waals surface area contributed by atoms with Crippen molar-refractivity contribution < 1.29 is 5.11 Å². The first-order valence-corrected chi connectivity index (χ1v) is 5.32. The molecule has 1 heteroatoms. The van der Waals surface area contributed by atoms with E-state index in [0.717, 1.165) is 25.7 Å². The quantitative estimate of drug-likeness (QED) is 0.450. The Balaban J connectivity index is 3.10. The first-order chi connectivity index (χ1) is 6.41. The maximum atomic E-state index is 8.52. The van der Waals surface area contributed by atoms with Crippen LogP contribution in [-0.4, -0.2) is 11.7 Å². The zero-order valence-corrected chi connectivity index (χ0v) is 8.71. The van der Waals surface area contributed by atoms with Gasteiger partial charge in [0, 0.05) is 6.61 Å². The molecule has 0 aromatic rings. The fraction of sp³-hybridized carbons (Fsp3) is 0.667. The first kappa shape index (κ1) is 12.4. The second-order valence-corrected chi connectivity index (χ2v) is 3.17. The summed E-state index contributed by atoms with van der Waals surface area (Å²) < 4.78 is 0. The van der Waals surface area contributed by atoms with E-state index in [9.17, 15) is 0 Å². The van der Waals surface area contributed by atoms with Crippen LogP contribution in [-0.2, 0) is 0 Å². The van der Waals surface area contributed by atoms with Crippen LogP contribution in [0, 0.1) is 0 Å². The molecular weight excluding hydrogens is 160 g/mol. The lowest BCUT2D eigenvalue weighted by atomic mass is 10.2. The zero-order chi connectivity index (χ0) is 9.78. The molecule has 0 aliphatic carbocycles. The van der Waals surface area contributed by atoms with Crippen molar-refractivity contribution in [3.05, 3.63) is 24.3 Å². The smallest absolute Gasteiger partial charge is 0.0433 e. The van der Waals surface area contributed by atoms with Gasteiger partial charge in [0.05, 0.1) is 0 Å². The fourth-order valence-corrected chi connectivity index (χ4v) is 1.04. The van der Waals surface area contributed by atoms with Crippen molar-refractivity contribution in [1.82, 2.24) is 0 Å². The zero-order valence-electron chi connectivity index (χ0n) is 8.71. The molecule has 76 valence electrons. The minimum Gasteiger partial charge on any atom is -0.396 e. The summed E-state index contributed by atoms with van der Waals surface area (Å²) in [6.45, 7) is 2.50. The third kappa shape index (κ3) is 11.4. The second-order valence-electron chi connectivity index (χ2n) is 3.17. The average molecular weight is 182 g/mol. The maximum Gasteiger partial charge on any atom is 0.0433 e. The molecule has 0 saturated heterocycles. The van der Waals surface area contributed by atoms with Crippen LogP contribution in [0.25, 0.3) is 0 Å². The van der Waals surface area contributed by atoms with Crippen molar-refractivity contribution in [2.45, 2.75) is 45.4 Å². The Kier molecular flexibility index (Phi) is 10.9. The Hall–Kier alpha value is -0.560. The lowest BCUT2D eigenvalue weighted by Crippen LogP contribution is -1.78. The average Bonchev–Trinajstić information content (AvgIpc) is 2.16. The SMILES string of the molecule is CCC/C=C\CC/C=C/CCCO. The predicted octanol–water partition coefficient (Wildman–Crippen LogP) is 3.45. The van der Waals surface area contributed by atoms with Gasteiger partial charge in [-0.15, -0.1) is 0 Å². The van der Waals surface area contributed by atoms with Gasteiger partial charge in [0.2, 0.25) is 0 Å². The number of unbranched alkanes of at least 4 members (excludes halogenated alkanes) is 3. The molecule has 0 bridgehead atoms. The minimum atomic E-state index is 0.306. The van der Waals surface area contributed by atoms with Crippen LogP contribution in [0.4, 0.5) is 0 Å². The summed E-state index contributed by atoms with van der Waals surface area (Å²) in [5, 5.41) is 8.52.